The van der Waals surface area contributed by atoms with Gasteiger partial charge in [0.25, 0.3) is 0 Å². The molecule has 0 spiro atoms. The molecule has 3 aromatic rings. The molecule has 0 bridgehead atoms. The number of carbonyl (C=O) groups excluding carboxylic acids is 1. The summed E-state index contributed by atoms with van der Waals surface area (Å²) in [5, 5.41) is 4.55. The zero-order valence-electron chi connectivity index (χ0n) is 18.1. The molecule has 8 heteroatoms. The molecule has 0 unspecified atom stereocenters. The Labute approximate surface area is 191 Å². The monoisotopic (exact) mass is 457 g/mol. The third-order valence-corrected chi connectivity index (χ3v) is 4.81. The van der Waals surface area contributed by atoms with Gasteiger partial charge in [-0.25, -0.2) is 4.79 Å². The van der Waals surface area contributed by atoms with Crippen LogP contribution in [-0.4, -0.2) is 31.4 Å². The van der Waals surface area contributed by atoms with E-state index in [1.807, 2.05) is 19.9 Å². The maximum atomic E-state index is 11.9. The Hall–Kier alpha value is -3.45. The summed E-state index contributed by atoms with van der Waals surface area (Å²) in [5.41, 5.74) is 2.46. The van der Waals surface area contributed by atoms with Crippen molar-refractivity contribution < 1.29 is 28.3 Å². The van der Waals surface area contributed by atoms with Crippen LogP contribution in [0.25, 0.3) is 6.08 Å². The number of halogens is 1. The second-order valence-corrected chi connectivity index (χ2v) is 7.24. The molecule has 0 saturated carbocycles. The molecule has 0 amide bonds. The van der Waals surface area contributed by atoms with Crippen LogP contribution in [0.4, 0.5) is 0 Å². The summed E-state index contributed by atoms with van der Waals surface area (Å²) in [7, 11) is 1.56. The standard InChI is InChI=1S/C24H24ClNO6/c1-16-21(17(2)32-26-16)15-31-22-10-4-18(14-23(22)28-3)5-11-24(27)30-13-12-29-20-8-6-19(25)7-9-20/h4-11,14H,12-13,15H2,1-3H3/b11-5+. The minimum Gasteiger partial charge on any atom is -0.493 e. The molecule has 0 fully saturated rings. The molecular formula is C24H24ClNO6. The molecule has 2 aromatic carbocycles. The Morgan fingerprint density at radius 1 is 1.06 bits per heavy atom. The Balaban J connectivity index is 1.49. The average molecular weight is 458 g/mol. The molecule has 168 valence electrons. The van der Waals surface area contributed by atoms with Crippen molar-refractivity contribution in [1.29, 1.82) is 0 Å². The van der Waals surface area contributed by atoms with Crippen molar-refractivity contribution in [3.05, 3.63) is 76.1 Å². The van der Waals surface area contributed by atoms with E-state index in [2.05, 4.69) is 5.16 Å². The van der Waals surface area contributed by atoms with Gasteiger partial charge in [-0.1, -0.05) is 22.8 Å². The second kappa shape index (κ2) is 11.2. The molecule has 1 aromatic heterocycles. The van der Waals surface area contributed by atoms with Crippen LogP contribution in [-0.2, 0) is 16.1 Å². The van der Waals surface area contributed by atoms with Gasteiger partial charge in [-0.3, -0.25) is 0 Å². The molecule has 0 aliphatic rings. The molecule has 0 saturated heterocycles. The van der Waals surface area contributed by atoms with Crippen LogP contribution in [0.3, 0.4) is 0 Å². The predicted octanol–water partition coefficient (Wildman–Crippen LogP) is 5.17. The summed E-state index contributed by atoms with van der Waals surface area (Å²) in [6.07, 6.45) is 2.99. The van der Waals surface area contributed by atoms with Crippen LogP contribution in [0.15, 0.2) is 53.1 Å². The minimum absolute atomic E-state index is 0.129. The fourth-order valence-electron chi connectivity index (χ4n) is 2.81. The van der Waals surface area contributed by atoms with Gasteiger partial charge in [0.1, 0.15) is 31.3 Å². The number of methoxy groups -OCH3 is 1. The zero-order chi connectivity index (χ0) is 22.9. The number of hydrogen-bond acceptors (Lipinski definition) is 7. The van der Waals surface area contributed by atoms with E-state index >= 15 is 0 Å². The molecule has 0 radical (unpaired) electrons. The third kappa shape index (κ3) is 6.52. The normalized spacial score (nSPS) is 10.9. The maximum Gasteiger partial charge on any atom is 0.330 e. The number of carbonyl (C=O) groups is 1. The predicted molar refractivity (Wildman–Crippen MR) is 120 cm³/mol. The number of benzene rings is 2. The number of esters is 1. The summed E-state index contributed by atoms with van der Waals surface area (Å²) in [4.78, 5) is 11.9. The first-order chi connectivity index (χ1) is 15.5. The highest BCUT2D eigenvalue weighted by atomic mass is 35.5. The molecule has 0 N–H and O–H groups in total. The van der Waals surface area contributed by atoms with Crippen LogP contribution in [0.1, 0.15) is 22.6 Å². The average Bonchev–Trinajstić information content (AvgIpc) is 3.12. The fraction of sp³-hybridized carbons (Fsp3) is 0.250. The van der Waals surface area contributed by atoms with E-state index in [0.717, 1.165) is 22.6 Å². The van der Waals surface area contributed by atoms with Gasteiger partial charge < -0.3 is 23.5 Å². The second-order valence-electron chi connectivity index (χ2n) is 6.80. The van der Waals surface area contributed by atoms with E-state index < -0.39 is 5.97 Å². The highest BCUT2D eigenvalue weighted by Gasteiger charge is 2.12. The van der Waals surface area contributed by atoms with E-state index in [-0.39, 0.29) is 13.2 Å². The van der Waals surface area contributed by atoms with Crippen LogP contribution >= 0.6 is 11.6 Å². The lowest BCUT2D eigenvalue weighted by molar-refractivity contribution is -0.138. The first-order valence-corrected chi connectivity index (χ1v) is 10.3. The zero-order valence-corrected chi connectivity index (χ0v) is 18.8. The van der Waals surface area contributed by atoms with E-state index in [0.29, 0.717) is 28.9 Å². The smallest absolute Gasteiger partial charge is 0.330 e. The maximum absolute atomic E-state index is 11.9. The Morgan fingerprint density at radius 2 is 1.84 bits per heavy atom. The van der Waals surface area contributed by atoms with E-state index in [4.69, 9.17) is 35.1 Å². The van der Waals surface area contributed by atoms with E-state index in [1.54, 1.807) is 49.6 Å². The van der Waals surface area contributed by atoms with Gasteiger partial charge in [0.2, 0.25) is 0 Å². The van der Waals surface area contributed by atoms with Gasteiger partial charge in [0.05, 0.1) is 18.4 Å². The van der Waals surface area contributed by atoms with Crippen LogP contribution in [0, 0.1) is 13.8 Å². The van der Waals surface area contributed by atoms with Gasteiger partial charge in [-0.2, -0.15) is 0 Å². The van der Waals surface area contributed by atoms with Crippen molar-refractivity contribution in [3.8, 4) is 17.2 Å². The molecule has 0 atom stereocenters. The number of aromatic nitrogens is 1. The van der Waals surface area contributed by atoms with Crippen molar-refractivity contribution in [1.82, 2.24) is 5.16 Å². The summed E-state index contributed by atoms with van der Waals surface area (Å²) in [5.74, 6) is 2.03. The summed E-state index contributed by atoms with van der Waals surface area (Å²) < 4.78 is 27.0. The number of nitrogens with zero attached hydrogens (tertiary/aromatic N) is 1. The van der Waals surface area contributed by atoms with Gasteiger partial charge >= 0.3 is 5.97 Å². The van der Waals surface area contributed by atoms with Crippen LogP contribution in [0.5, 0.6) is 17.2 Å². The van der Waals surface area contributed by atoms with Crippen molar-refractivity contribution >= 4 is 23.6 Å². The number of ether oxygens (including phenoxy) is 4. The van der Waals surface area contributed by atoms with Crippen molar-refractivity contribution in [2.24, 2.45) is 0 Å². The minimum atomic E-state index is -0.470. The number of rotatable bonds is 10. The van der Waals surface area contributed by atoms with E-state index in [1.165, 1.54) is 6.08 Å². The molecule has 0 aliphatic heterocycles. The van der Waals surface area contributed by atoms with Gasteiger partial charge in [-0.15, -0.1) is 0 Å². The number of hydrogen-bond donors (Lipinski definition) is 0. The van der Waals surface area contributed by atoms with Crippen LogP contribution < -0.4 is 14.2 Å². The van der Waals surface area contributed by atoms with Crippen molar-refractivity contribution in [2.75, 3.05) is 20.3 Å². The first kappa shape index (κ1) is 23.2. The van der Waals surface area contributed by atoms with Gasteiger partial charge in [0.15, 0.2) is 11.5 Å². The lowest BCUT2D eigenvalue weighted by Crippen LogP contribution is -2.10. The largest absolute Gasteiger partial charge is 0.493 e. The molecule has 0 aliphatic carbocycles. The lowest BCUT2D eigenvalue weighted by atomic mass is 10.2. The summed E-state index contributed by atoms with van der Waals surface area (Å²) >= 11 is 5.82. The highest BCUT2D eigenvalue weighted by Crippen LogP contribution is 2.30. The van der Waals surface area contributed by atoms with E-state index in [9.17, 15) is 4.79 Å². The number of aryl methyl sites for hydroxylation is 2. The molecule has 7 nitrogen and oxygen atoms in total. The van der Waals surface area contributed by atoms with Gasteiger partial charge in [-0.05, 0) is 61.9 Å². The molecule has 1 heterocycles. The first-order valence-electron chi connectivity index (χ1n) is 9.92. The molecule has 3 rings (SSSR count). The quantitative estimate of drug-likeness (QED) is 0.236. The molecule has 32 heavy (non-hydrogen) atoms. The van der Waals surface area contributed by atoms with Crippen molar-refractivity contribution in [2.45, 2.75) is 20.5 Å². The Morgan fingerprint density at radius 3 is 2.53 bits per heavy atom. The molecular weight excluding hydrogens is 434 g/mol. The Bertz CT molecular complexity index is 1060. The summed E-state index contributed by atoms with van der Waals surface area (Å²) in [6.45, 7) is 4.39. The highest BCUT2D eigenvalue weighted by molar-refractivity contribution is 6.30. The fourth-order valence-corrected chi connectivity index (χ4v) is 2.94. The SMILES string of the molecule is COc1cc(/C=C/C(=O)OCCOc2ccc(Cl)cc2)ccc1OCc1c(C)noc1C. The lowest BCUT2D eigenvalue weighted by Gasteiger charge is -2.11. The Kier molecular flexibility index (Phi) is 8.16. The third-order valence-electron chi connectivity index (χ3n) is 4.56. The van der Waals surface area contributed by atoms with Crippen molar-refractivity contribution in [3.63, 3.8) is 0 Å². The topological polar surface area (TPSA) is 80.0 Å². The van der Waals surface area contributed by atoms with Gasteiger partial charge in [0, 0.05) is 11.1 Å². The van der Waals surface area contributed by atoms with Crippen LogP contribution in [0.2, 0.25) is 5.02 Å². The summed E-state index contributed by atoms with van der Waals surface area (Å²) in [6, 6.07) is 12.3.